The number of hydrogen-bond donors (Lipinski definition) is 1. The summed E-state index contributed by atoms with van der Waals surface area (Å²) in [4.78, 5) is 4.64. The summed E-state index contributed by atoms with van der Waals surface area (Å²) in [6.07, 6.45) is 0. The fourth-order valence-corrected chi connectivity index (χ4v) is 2.84. The van der Waals surface area contributed by atoms with E-state index < -0.39 is 0 Å². The number of aromatic nitrogens is 1. The average molecular weight is 262 g/mol. The highest BCUT2D eigenvalue weighted by molar-refractivity contribution is 7.13. The Morgan fingerprint density at radius 3 is 2.72 bits per heavy atom. The van der Waals surface area contributed by atoms with Crippen LogP contribution in [0.4, 0.5) is 0 Å². The fourth-order valence-electron chi connectivity index (χ4n) is 1.94. The molecule has 2 aromatic rings. The van der Waals surface area contributed by atoms with E-state index in [1.807, 2.05) is 13.1 Å². The number of benzene rings is 1. The van der Waals surface area contributed by atoms with Gasteiger partial charge >= 0.3 is 0 Å². The first kappa shape index (κ1) is 13.1. The molecule has 1 aromatic carbocycles. The zero-order valence-electron chi connectivity index (χ0n) is 11.2. The maximum absolute atomic E-state index is 5.33. The second-order valence-electron chi connectivity index (χ2n) is 4.24. The van der Waals surface area contributed by atoms with Crippen LogP contribution in [0.25, 0.3) is 10.6 Å². The third kappa shape index (κ3) is 2.40. The van der Waals surface area contributed by atoms with Gasteiger partial charge < -0.3 is 10.1 Å². The second kappa shape index (κ2) is 5.50. The van der Waals surface area contributed by atoms with E-state index in [0.29, 0.717) is 0 Å². The zero-order chi connectivity index (χ0) is 13.1. The lowest BCUT2D eigenvalue weighted by Gasteiger charge is -2.10. The summed E-state index contributed by atoms with van der Waals surface area (Å²) in [6, 6.07) is 4.10. The Bertz CT molecular complexity index is 549. The van der Waals surface area contributed by atoms with Gasteiger partial charge in [-0.1, -0.05) is 0 Å². The summed E-state index contributed by atoms with van der Waals surface area (Å²) in [5.74, 6) is 0.934. The molecule has 0 aliphatic rings. The van der Waals surface area contributed by atoms with Crippen LogP contribution in [0.2, 0.25) is 0 Å². The number of ether oxygens (including phenoxy) is 1. The number of methoxy groups -OCH3 is 1. The van der Waals surface area contributed by atoms with Gasteiger partial charge in [0.2, 0.25) is 0 Å². The summed E-state index contributed by atoms with van der Waals surface area (Å²) in [6.45, 7) is 5.01. The molecule has 0 atom stereocenters. The van der Waals surface area contributed by atoms with Crippen molar-refractivity contribution in [3.63, 3.8) is 0 Å². The molecule has 0 saturated heterocycles. The van der Waals surface area contributed by atoms with Gasteiger partial charge in [0.15, 0.2) is 0 Å². The highest BCUT2D eigenvalue weighted by atomic mass is 32.1. The van der Waals surface area contributed by atoms with E-state index in [1.54, 1.807) is 18.4 Å². The molecule has 0 bridgehead atoms. The van der Waals surface area contributed by atoms with E-state index in [-0.39, 0.29) is 0 Å². The van der Waals surface area contributed by atoms with Crippen LogP contribution in [-0.2, 0) is 6.54 Å². The predicted molar refractivity (Wildman–Crippen MR) is 76.3 cm³/mol. The third-order valence-corrected chi connectivity index (χ3v) is 4.02. The van der Waals surface area contributed by atoms with Crippen molar-refractivity contribution in [3.05, 3.63) is 34.3 Å². The molecule has 1 aromatic heterocycles. The van der Waals surface area contributed by atoms with Crippen LogP contribution < -0.4 is 10.1 Å². The van der Waals surface area contributed by atoms with Crippen LogP contribution in [0, 0.1) is 13.8 Å². The molecule has 1 heterocycles. The van der Waals surface area contributed by atoms with Crippen molar-refractivity contribution in [1.82, 2.24) is 10.3 Å². The molecule has 4 heteroatoms. The molecule has 0 unspecified atom stereocenters. The first-order valence-electron chi connectivity index (χ1n) is 5.91. The minimum atomic E-state index is 0.810. The molecule has 18 heavy (non-hydrogen) atoms. The highest BCUT2D eigenvalue weighted by Gasteiger charge is 2.11. The minimum Gasteiger partial charge on any atom is -0.496 e. The molecule has 96 valence electrons. The van der Waals surface area contributed by atoms with Crippen molar-refractivity contribution in [2.24, 2.45) is 0 Å². The lowest BCUT2D eigenvalue weighted by Crippen LogP contribution is -2.05. The Balaban J connectivity index is 2.41. The topological polar surface area (TPSA) is 34.1 Å². The van der Waals surface area contributed by atoms with Gasteiger partial charge in [0.05, 0.1) is 12.8 Å². The zero-order valence-corrected chi connectivity index (χ0v) is 12.0. The Morgan fingerprint density at radius 1 is 1.28 bits per heavy atom. The predicted octanol–water partition coefficient (Wildman–Crippen LogP) is 3.15. The van der Waals surface area contributed by atoms with E-state index in [0.717, 1.165) is 23.0 Å². The van der Waals surface area contributed by atoms with Crippen LogP contribution in [0.5, 0.6) is 5.75 Å². The third-order valence-electron chi connectivity index (χ3n) is 3.10. The first-order valence-corrected chi connectivity index (χ1v) is 6.79. The van der Waals surface area contributed by atoms with E-state index >= 15 is 0 Å². The lowest BCUT2D eigenvalue weighted by atomic mass is 10.0. The van der Waals surface area contributed by atoms with Crippen LogP contribution in [-0.4, -0.2) is 19.1 Å². The van der Waals surface area contributed by atoms with Crippen molar-refractivity contribution in [3.8, 4) is 16.3 Å². The Morgan fingerprint density at radius 2 is 2.06 bits per heavy atom. The fraction of sp³-hybridized carbons (Fsp3) is 0.357. The van der Waals surface area contributed by atoms with Crippen LogP contribution in [0.1, 0.15) is 16.8 Å². The number of thiazole rings is 1. The Kier molecular flexibility index (Phi) is 3.99. The average Bonchev–Trinajstić information content (AvgIpc) is 2.81. The van der Waals surface area contributed by atoms with E-state index in [2.05, 4.69) is 35.6 Å². The van der Waals surface area contributed by atoms with Crippen LogP contribution in [0.15, 0.2) is 17.5 Å². The number of rotatable bonds is 4. The van der Waals surface area contributed by atoms with Crippen molar-refractivity contribution in [2.45, 2.75) is 20.4 Å². The maximum atomic E-state index is 5.33. The Hall–Kier alpha value is -1.39. The molecule has 2 rings (SSSR count). The molecule has 0 amide bonds. The SMILES string of the molecule is CNCc1csc(-c2ccc(OC)c(C)c2C)n1. The van der Waals surface area contributed by atoms with Gasteiger partial charge in [0.1, 0.15) is 10.8 Å². The first-order chi connectivity index (χ1) is 8.67. The number of hydrogen-bond acceptors (Lipinski definition) is 4. The van der Waals surface area contributed by atoms with Crippen LogP contribution in [0.3, 0.4) is 0 Å². The second-order valence-corrected chi connectivity index (χ2v) is 5.10. The van der Waals surface area contributed by atoms with E-state index in [4.69, 9.17) is 4.74 Å². The van der Waals surface area contributed by atoms with Gasteiger partial charge in [-0.15, -0.1) is 11.3 Å². The standard InChI is InChI=1S/C14H18N2OS/c1-9-10(2)13(17-4)6-5-12(9)14-16-11(7-15-3)8-18-14/h5-6,8,15H,7H2,1-4H3. The monoisotopic (exact) mass is 262 g/mol. The molecule has 0 spiro atoms. The number of nitrogens with one attached hydrogen (secondary N) is 1. The Labute approximate surface area is 112 Å². The normalized spacial score (nSPS) is 10.7. The smallest absolute Gasteiger partial charge is 0.123 e. The van der Waals surface area contributed by atoms with Gasteiger partial charge in [0.25, 0.3) is 0 Å². The lowest BCUT2D eigenvalue weighted by molar-refractivity contribution is 0.411. The van der Waals surface area contributed by atoms with Crippen molar-refractivity contribution in [2.75, 3.05) is 14.2 Å². The number of nitrogens with zero attached hydrogens (tertiary/aromatic N) is 1. The van der Waals surface area contributed by atoms with Gasteiger partial charge in [-0.05, 0) is 44.2 Å². The molecule has 0 fully saturated rings. The minimum absolute atomic E-state index is 0.810. The van der Waals surface area contributed by atoms with Gasteiger partial charge in [-0.2, -0.15) is 0 Å². The van der Waals surface area contributed by atoms with E-state index in [9.17, 15) is 0 Å². The molecular formula is C14H18N2OS. The molecule has 3 nitrogen and oxygen atoms in total. The summed E-state index contributed by atoms with van der Waals surface area (Å²) in [5, 5.41) is 6.29. The molecule has 0 aliphatic heterocycles. The largest absolute Gasteiger partial charge is 0.496 e. The van der Waals surface area contributed by atoms with Crippen molar-refractivity contribution < 1.29 is 4.74 Å². The summed E-state index contributed by atoms with van der Waals surface area (Å²) >= 11 is 1.69. The summed E-state index contributed by atoms with van der Waals surface area (Å²) in [7, 11) is 3.64. The molecule has 1 N–H and O–H groups in total. The van der Waals surface area contributed by atoms with E-state index in [1.165, 1.54) is 16.7 Å². The maximum Gasteiger partial charge on any atom is 0.123 e. The van der Waals surface area contributed by atoms with Crippen molar-refractivity contribution in [1.29, 1.82) is 0 Å². The summed E-state index contributed by atoms with van der Waals surface area (Å²) in [5.41, 5.74) is 4.70. The molecule has 0 saturated carbocycles. The summed E-state index contributed by atoms with van der Waals surface area (Å²) < 4.78 is 5.33. The molecule has 0 radical (unpaired) electrons. The molecular weight excluding hydrogens is 244 g/mol. The molecule has 0 aliphatic carbocycles. The van der Waals surface area contributed by atoms with Gasteiger partial charge in [-0.25, -0.2) is 4.98 Å². The van der Waals surface area contributed by atoms with Crippen LogP contribution >= 0.6 is 11.3 Å². The van der Waals surface area contributed by atoms with Gasteiger partial charge in [0, 0.05) is 17.5 Å². The highest BCUT2D eigenvalue weighted by Crippen LogP contribution is 2.32. The van der Waals surface area contributed by atoms with Crippen molar-refractivity contribution >= 4 is 11.3 Å². The van der Waals surface area contributed by atoms with Gasteiger partial charge in [-0.3, -0.25) is 0 Å². The quantitative estimate of drug-likeness (QED) is 0.919.